The Morgan fingerprint density at radius 3 is 3.18 bits per heavy atom. The summed E-state index contributed by atoms with van der Waals surface area (Å²) in [4.78, 5) is 11.3. The molecule has 1 unspecified atom stereocenters. The molecule has 3 aliphatic rings. The van der Waals surface area contributed by atoms with Crippen molar-refractivity contribution in [2.45, 2.75) is 12.0 Å². The van der Waals surface area contributed by atoms with E-state index in [2.05, 4.69) is 20.2 Å². The third-order valence-corrected chi connectivity index (χ3v) is 5.10. The van der Waals surface area contributed by atoms with Crippen molar-refractivity contribution in [2.75, 3.05) is 31.5 Å². The number of anilines is 1. The van der Waals surface area contributed by atoms with E-state index in [1.807, 2.05) is 0 Å². The molecule has 2 aromatic rings. The van der Waals surface area contributed by atoms with Gasteiger partial charge in [0.25, 0.3) is 6.02 Å². The molecule has 2 saturated heterocycles. The fourth-order valence-electron chi connectivity index (χ4n) is 3.78. The number of hydrogen-bond acceptors (Lipinski definition) is 6. The van der Waals surface area contributed by atoms with Crippen LogP contribution >= 0.6 is 11.6 Å². The van der Waals surface area contributed by atoms with Crippen molar-refractivity contribution in [1.82, 2.24) is 9.88 Å². The van der Waals surface area contributed by atoms with Gasteiger partial charge in [-0.05, 0) is 31.2 Å². The molecule has 5 rings (SSSR count). The highest BCUT2D eigenvalue weighted by Gasteiger charge is 2.54. The van der Waals surface area contributed by atoms with Crippen LogP contribution in [-0.2, 0) is 4.74 Å². The topological polar surface area (TPSA) is 62.9 Å². The number of hydrogen-bond donors (Lipinski definition) is 1. The number of nitrogens with zero attached hydrogens (tertiary/aromatic N) is 3. The van der Waals surface area contributed by atoms with E-state index in [-0.39, 0.29) is 5.60 Å². The number of amidine groups is 1. The Balaban J connectivity index is 1.35. The van der Waals surface area contributed by atoms with Crippen molar-refractivity contribution < 1.29 is 9.15 Å². The Hall–Kier alpha value is -1.79. The number of benzene rings is 1. The van der Waals surface area contributed by atoms with Crippen LogP contribution in [0.5, 0.6) is 0 Å². The first-order valence-electron chi connectivity index (χ1n) is 7.49. The van der Waals surface area contributed by atoms with Gasteiger partial charge in [0, 0.05) is 24.0 Å². The van der Waals surface area contributed by atoms with Crippen molar-refractivity contribution in [2.24, 2.45) is 10.9 Å². The summed E-state index contributed by atoms with van der Waals surface area (Å²) < 4.78 is 11.8. The van der Waals surface area contributed by atoms with Gasteiger partial charge >= 0.3 is 6.01 Å². The van der Waals surface area contributed by atoms with Crippen molar-refractivity contribution in [3.63, 3.8) is 0 Å². The lowest BCUT2D eigenvalue weighted by Gasteiger charge is -2.31. The first-order chi connectivity index (χ1) is 10.7. The molecule has 4 heterocycles. The summed E-state index contributed by atoms with van der Waals surface area (Å²) in [6.07, 6.45) is 1.20. The summed E-state index contributed by atoms with van der Waals surface area (Å²) >= 11 is 5.96. The normalized spacial score (nSPS) is 32.7. The van der Waals surface area contributed by atoms with Crippen LogP contribution in [0.1, 0.15) is 6.42 Å². The standard InChI is InChI=1S/C15H15ClN4O2/c16-10-1-2-12-11(5-10)18-14(21-12)19-13-17-7-15(22-13)8-20-4-3-9(15)6-20/h1-2,5,9H,3-4,6-8H2,(H,17,18,19)/t9-,15-/m0/s1. The second kappa shape index (κ2) is 4.36. The third-order valence-electron chi connectivity index (χ3n) is 4.86. The minimum atomic E-state index is -0.143. The number of fused-ring (bicyclic) bond motifs is 4. The number of aliphatic imine (C=N–C) groups is 1. The largest absolute Gasteiger partial charge is 0.455 e. The third kappa shape index (κ3) is 1.84. The van der Waals surface area contributed by atoms with E-state index in [1.54, 1.807) is 18.2 Å². The summed E-state index contributed by atoms with van der Waals surface area (Å²) in [5.41, 5.74) is 1.26. The van der Waals surface area contributed by atoms with Crippen molar-refractivity contribution >= 4 is 34.7 Å². The predicted octanol–water partition coefficient (Wildman–Crippen LogP) is 2.35. The zero-order valence-electron chi connectivity index (χ0n) is 11.9. The van der Waals surface area contributed by atoms with Gasteiger partial charge < -0.3 is 9.15 Å². The Bertz CT molecular complexity index is 789. The minimum Gasteiger partial charge on any atom is -0.455 e. The van der Waals surface area contributed by atoms with Crippen LogP contribution < -0.4 is 5.32 Å². The van der Waals surface area contributed by atoms with Crippen LogP contribution in [0.2, 0.25) is 5.02 Å². The number of ether oxygens (including phenoxy) is 1. The van der Waals surface area contributed by atoms with Gasteiger partial charge in [-0.3, -0.25) is 10.2 Å². The summed E-state index contributed by atoms with van der Waals surface area (Å²) in [7, 11) is 0. The Labute approximate surface area is 132 Å². The quantitative estimate of drug-likeness (QED) is 0.874. The molecule has 0 aliphatic carbocycles. The molecule has 0 saturated carbocycles. The van der Waals surface area contributed by atoms with Gasteiger partial charge in [-0.25, -0.2) is 4.99 Å². The first-order valence-corrected chi connectivity index (χ1v) is 7.87. The highest BCUT2D eigenvalue weighted by molar-refractivity contribution is 6.31. The van der Waals surface area contributed by atoms with E-state index in [0.717, 1.165) is 13.1 Å². The molecule has 1 aromatic carbocycles. The zero-order chi connectivity index (χ0) is 14.7. The molecule has 0 amide bonds. The summed E-state index contributed by atoms with van der Waals surface area (Å²) in [6, 6.07) is 6.25. The lowest BCUT2D eigenvalue weighted by Crippen LogP contribution is -2.46. The van der Waals surface area contributed by atoms with Gasteiger partial charge in [-0.1, -0.05) is 11.6 Å². The molecule has 2 bridgehead atoms. The summed E-state index contributed by atoms with van der Waals surface area (Å²) in [6.45, 7) is 3.99. The van der Waals surface area contributed by atoms with E-state index in [4.69, 9.17) is 20.8 Å². The average molecular weight is 319 g/mol. The maximum atomic E-state index is 6.14. The fourth-order valence-corrected chi connectivity index (χ4v) is 3.95. The molecule has 114 valence electrons. The Morgan fingerprint density at radius 2 is 2.36 bits per heavy atom. The van der Waals surface area contributed by atoms with Crippen LogP contribution in [0.4, 0.5) is 6.01 Å². The molecular weight excluding hydrogens is 304 g/mol. The maximum absolute atomic E-state index is 6.14. The van der Waals surface area contributed by atoms with Crippen LogP contribution in [-0.4, -0.2) is 47.7 Å². The van der Waals surface area contributed by atoms with Crippen LogP contribution in [0.15, 0.2) is 27.6 Å². The molecule has 3 aliphatic heterocycles. The highest BCUT2D eigenvalue weighted by atomic mass is 35.5. The van der Waals surface area contributed by atoms with E-state index in [1.165, 1.54) is 13.0 Å². The summed E-state index contributed by atoms with van der Waals surface area (Å²) in [5, 5.41) is 3.68. The molecule has 6 nitrogen and oxygen atoms in total. The highest BCUT2D eigenvalue weighted by Crippen LogP contribution is 2.41. The first kappa shape index (κ1) is 12.7. The van der Waals surface area contributed by atoms with E-state index >= 15 is 0 Å². The smallest absolute Gasteiger partial charge is 0.303 e. The van der Waals surface area contributed by atoms with Crippen molar-refractivity contribution in [3.05, 3.63) is 23.2 Å². The Kier molecular flexibility index (Phi) is 2.52. The van der Waals surface area contributed by atoms with E-state index in [9.17, 15) is 0 Å². The van der Waals surface area contributed by atoms with Gasteiger partial charge in [0.1, 0.15) is 11.1 Å². The van der Waals surface area contributed by atoms with Crippen molar-refractivity contribution in [3.8, 4) is 0 Å². The molecule has 1 aromatic heterocycles. The van der Waals surface area contributed by atoms with Crippen LogP contribution in [0.3, 0.4) is 0 Å². The molecule has 7 heteroatoms. The maximum Gasteiger partial charge on any atom is 0.303 e. The van der Waals surface area contributed by atoms with E-state index in [0.29, 0.717) is 40.6 Å². The molecule has 3 atom stereocenters. The lowest BCUT2D eigenvalue weighted by molar-refractivity contribution is 0.0363. The van der Waals surface area contributed by atoms with Gasteiger partial charge in [-0.2, -0.15) is 4.98 Å². The predicted molar refractivity (Wildman–Crippen MR) is 83.3 cm³/mol. The number of oxazole rings is 1. The molecule has 22 heavy (non-hydrogen) atoms. The zero-order valence-corrected chi connectivity index (χ0v) is 12.6. The number of aromatic nitrogens is 1. The fraction of sp³-hybridized carbons (Fsp3) is 0.467. The molecule has 2 fully saturated rings. The number of halogens is 1. The number of nitrogens with one attached hydrogen (secondary N) is 1. The molecule has 0 radical (unpaired) electrons. The molecule has 1 spiro atoms. The lowest BCUT2D eigenvalue weighted by atomic mass is 9.88. The van der Waals surface area contributed by atoms with E-state index < -0.39 is 0 Å². The van der Waals surface area contributed by atoms with Gasteiger partial charge in [0.2, 0.25) is 0 Å². The Morgan fingerprint density at radius 1 is 1.41 bits per heavy atom. The summed E-state index contributed by atoms with van der Waals surface area (Å²) in [5.74, 6) is 0.581. The second-order valence-electron chi connectivity index (χ2n) is 6.26. The molecular formula is C15H15ClN4O2. The van der Waals surface area contributed by atoms with Crippen molar-refractivity contribution in [1.29, 1.82) is 0 Å². The van der Waals surface area contributed by atoms with Crippen LogP contribution in [0, 0.1) is 5.92 Å². The average Bonchev–Trinajstić information content (AvgIpc) is 3.23. The van der Waals surface area contributed by atoms with Gasteiger partial charge in [-0.15, -0.1) is 0 Å². The van der Waals surface area contributed by atoms with Gasteiger partial charge in [0.15, 0.2) is 5.58 Å². The minimum absolute atomic E-state index is 0.143. The second-order valence-corrected chi connectivity index (χ2v) is 6.70. The number of rotatable bonds is 1. The monoisotopic (exact) mass is 318 g/mol. The van der Waals surface area contributed by atoms with Crippen LogP contribution in [0.25, 0.3) is 11.1 Å². The van der Waals surface area contributed by atoms with Gasteiger partial charge in [0.05, 0.1) is 6.54 Å². The number of piperidine rings is 1. The molecule has 1 N–H and O–H groups in total. The SMILES string of the molecule is Clc1ccc2oc(NC3=NC[C@@]4(CN5CC[C@H]4C5)O3)nc2c1.